The zero-order valence-electron chi connectivity index (χ0n) is 16.6. The van der Waals surface area contributed by atoms with Crippen molar-refractivity contribution in [2.24, 2.45) is 11.8 Å². The van der Waals surface area contributed by atoms with Crippen LogP contribution in [0.15, 0.2) is 5.38 Å². The maximum atomic E-state index is 12.8. The summed E-state index contributed by atoms with van der Waals surface area (Å²) in [7, 11) is 0. The lowest BCUT2D eigenvalue weighted by Crippen LogP contribution is -2.36. The van der Waals surface area contributed by atoms with Crippen LogP contribution in [-0.2, 0) is 9.53 Å². The predicted molar refractivity (Wildman–Crippen MR) is 106 cm³/mol. The molecule has 0 saturated heterocycles. The summed E-state index contributed by atoms with van der Waals surface area (Å²) in [4.78, 5) is 28.2. The molecule has 0 radical (unpaired) electrons. The number of nitrogens with zero attached hydrogens (tertiary/aromatic N) is 1. The maximum Gasteiger partial charge on any atom is 0.355 e. The zero-order valence-corrected chi connectivity index (χ0v) is 17.4. The third kappa shape index (κ3) is 6.57. The van der Waals surface area contributed by atoms with Gasteiger partial charge in [-0.1, -0.05) is 46.5 Å². The van der Waals surface area contributed by atoms with Crippen LogP contribution in [0.3, 0.4) is 0 Å². The molecule has 0 aromatic carbocycles. The van der Waals surface area contributed by atoms with E-state index >= 15 is 0 Å². The standard InChI is InChI=1S/C20H32N2O4S/c1-4-21-15(13(2)3)11-17(18-22-16(12-27-18)19(23)24)26-20(25)14-9-7-5-6-8-10-14/h12-15,17,21H,4-11H2,1-3H3,(H,23,24). The number of rotatable bonds is 9. The van der Waals surface area contributed by atoms with Crippen molar-refractivity contribution >= 4 is 23.3 Å². The van der Waals surface area contributed by atoms with E-state index in [9.17, 15) is 14.7 Å². The van der Waals surface area contributed by atoms with E-state index in [0.717, 1.165) is 32.2 Å². The summed E-state index contributed by atoms with van der Waals surface area (Å²) in [5.74, 6) is -0.903. The zero-order chi connectivity index (χ0) is 19.8. The van der Waals surface area contributed by atoms with Crippen molar-refractivity contribution in [3.8, 4) is 0 Å². The van der Waals surface area contributed by atoms with Gasteiger partial charge in [0.2, 0.25) is 0 Å². The fourth-order valence-corrected chi connectivity index (χ4v) is 4.40. The molecule has 152 valence electrons. The van der Waals surface area contributed by atoms with E-state index in [4.69, 9.17) is 4.74 Å². The number of carbonyl (C=O) groups is 2. The molecule has 2 rings (SSSR count). The molecule has 1 fully saturated rings. The third-order valence-corrected chi connectivity index (χ3v) is 6.14. The Morgan fingerprint density at radius 3 is 2.48 bits per heavy atom. The highest BCUT2D eigenvalue weighted by Gasteiger charge is 2.30. The number of carboxylic acids is 1. The van der Waals surface area contributed by atoms with Crippen molar-refractivity contribution in [2.75, 3.05) is 6.54 Å². The van der Waals surface area contributed by atoms with E-state index in [1.807, 2.05) is 6.92 Å². The molecular weight excluding hydrogens is 364 g/mol. The molecule has 2 atom stereocenters. The number of carboxylic acid groups (broad SMARTS) is 1. The summed E-state index contributed by atoms with van der Waals surface area (Å²) in [6.07, 6.45) is 6.33. The van der Waals surface area contributed by atoms with Crippen LogP contribution in [0.1, 0.15) is 87.3 Å². The van der Waals surface area contributed by atoms with Gasteiger partial charge in [0.1, 0.15) is 5.01 Å². The molecule has 0 spiro atoms. The van der Waals surface area contributed by atoms with E-state index in [0.29, 0.717) is 17.3 Å². The van der Waals surface area contributed by atoms with E-state index in [1.165, 1.54) is 29.6 Å². The highest BCUT2D eigenvalue weighted by atomic mass is 32.1. The second-order valence-corrected chi connectivity index (χ2v) is 8.52. The molecule has 1 aliphatic rings. The lowest BCUT2D eigenvalue weighted by Gasteiger charge is -2.27. The van der Waals surface area contributed by atoms with Crippen LogP contribution in [0.5, 0.6) is 0 Å². The van der Waals surface area contributed by atoms with Crippen LogP contribution in [-0.4, -0.2) is 34.6 Å². The van der Waals surface area contributed by atoms with Crippen molar-refractivity contribution in [3.05, 3.63) is 16.1 Å². The molecule has 1 aliphatic carbocycles. The van der Waals surface area contributed by atoms with Crippen LogP contribution in [0, 0.1) is 11.8 Å². The number of hydrogen-bond acceptors (Lipinski definition) is 6. The lowest BCUT2D eigenvalue weighted by atomic mass is 9.97. The van der Waals surface area contributed by atoms with Gasteiger partial charge < -0.3 is 15.2 Å². The second kappa shape index (κ2) is 10.8. The number of aromatic nitrogens is 1. The van der Waals surface area contributed by atoms with E-state index in [-0.39, 0.29) is 23.6 Å². The monoisotopic (exact) mass is 396 g/mol. The topological polar surface area (TPSA) is 88.5 Å². The fourth-order valence-electron chi connectivity index (χ4n) is 3.57. The van der Waals surface area contributed by atoms with Gasteiger partial charge in [-0.15, -0.1) is 11.3 Å². The first-order valence-corrected chi connectivity index (χ1v) is 10.9. The summed E-state index contributed by atoms with van der Waals surface area (Å²) in [5.41, 5.74) is 0.00932. The fraction of sp³-hybridized carbons (Fsp3) is 0.750. The first-order chi connectivity index (χ1) is 12.9. The van der Waals surface area contributed by atoms with Crippen LogP contribution in [0.2, 0.25) is 0 Å². The van der Waals surface area contributed by atoms with Gasteiger partial charge in [-0.05, 0) is 25.3 Å². The number of nitrogens with one attached hydrogen (secondary N) is 1. The molecule has 2 N–H and O–H groups in total. The summed E-state index contributed by atoms with van der Waals surface area (Å²) >= 11 is 1.25. The smallest absolute Gasteiger partial charge is 0.355 e. The largest absolute Gasteiger partial charge is 0.476 e. The maximum absolute atomic E-state index is 12.8. The molecule has 0 amide bonds. The molecule has 0 aliphatic heterocycles. The minimum atomic E-state index is -1.06. The summed E-state index contributed by atoms with van der Waals surface area (Å²) in [6, 6.07) is 0.166. The Balaban J connectivity index is 2.16. The summed E-state index contributed by atoms with van der Waals surface area (Å²) in [6.45, 7) is 7.13. The van der Waals surface area contributed by atoms with E-state index in [2.05, 4.69) is 24.1 Å². The molecule has 1 aromatic rings. The number of ether oxygens (including phenoxy) is 1. The van der Waals surface area contributed by atoms with Crippen molar-refractivity contribution < 1.29 is 19.4 Å². The average molecular weight is 397 g/mol. The number of carbonyl (C=O) groups excluding carboxylic acids is 1. The molecular formula is C20H32N2O4S. The van der Waals surface area contributed by atoms with Gasteiger partial charge in [0, 0.05) is 17.8 Å². The molecule has 1 aromatic heterocycles. The average Bonchev–Trinajstić information content (AvgIpc) is 2.96. The van der Waals surface area contributed by atoms with Gasteiger partial charge in [-0.2, -0.15) is 0 Å². The highest BCUT2D eigenvalue weighted by molar-refractivity contribution is 7.09. The molecule has 6 nitrogen and oxygen atoms in total. The van der Waals surface area contributed by atoms with E-state index in [1.54, 1.807) is 0 Å². The first-order valence-electron chi connectivity index (χ1n) is 10.0. The molecule has 7 heteroatoms. The van der Waals surface area contributed by atoms with Crippen molar-refractivity contribution in [1.29, 1.82) is 0 Å². The van der Waals surface area contributed by atoms with Crippen molar-refractivity contribution in [1.82, 2.24) is 10.3 Å². The highest BCUT2D eigenvalue weighted by Crippen LogP contribution is 2.31. The van der Waals surface area contributed by atoms with Gasteiger partial charge in [0.25, 0.3) is 0 Å². The lowest BCUT2D eigenvalue weighted by molar-refractivity contribution is -0.155. The molecule has 2 unspecified atom stereocenters. The van der Waals surface area contributed by atoms with E-state index < -0.39 is 12.1 Å². The van der Waals surface area contributed by atoms with Crippen LogP contribution < -0.4 is 5.32 Å². The van der Waals surface area contributed by atoms with Crippen LogP contribution in [0.4, 0.5) is 0 Å². The number of thiazole rings is 1. The summed E-state index contributed by atoms with van der Waals surface area (Å²) < 4.78 is 5.93. The number of aromatic carboxylic acids is 1. The second-order valence-electron chi connectivity index (χ2n) is 7.63. The Hall–Kier alpha value is -1.47. The molecule has 1 saturated carbocycles. The SMILES string of the molecule is CCNC(CC(OC(=O)C1CCCCCC1)c1nc(C(=O)O)cs1)C(C)C. The normalized spacial score (nSPS) is 18.1. The summed E-state index contributed by atoms with van der Waals surface area (Å²) in [5, 5.41) is 14.7. The number of esters is 1. The molecule has 1 heterocycles. The Labute approximate surface area is 165 Å². The van der Waals surface area contributed by atoms with Gasteiger partial charge in [-0.25, -0.2) is 9.78 Å². The van der Waals surface area contributed by atoms with Gasteiger partial charge in [0.15, 0.2) is 11.8 Å². The quantitative estimate of drug-likeness (QED) is 0.474. The van der Waals surface area contributed by atoms with Crippen molar-refractivity contribution in [2.45, 2.75) is 77.9 Å². The third-order valence-electron chi connectivity index (χ3n) is 5.20. The molecule has 27 heavy (non-hydrogen) atoms. The van der Waals surface area contributed by atoms with Gasteiger partial charge in [-0.3, -0.25) is 4.79 Å². The Kier molecular flexibility index (Phi) is 8.70. The number of hydrogen-bond donors (Lipinski definition) is 2. The van der Waals surface area contributed by atoms with Crippen LogP contribution >= 0.6 is 11.3 Å². The van der Waals surface area contributed by atoms with Crippen molar-refractivity contribution in [3.63, 3.8) is 0 Å². The predicted octanol–water partition coefficient (Wildman–Crippen LogP) is 4.42. The minimum Gasteiger partial charge on any atom is -0.476 e. The Bertz CT molecular complexity index is 609. The van der Waals surface area contributed by atoms with Gasteiger partial charge >= 0.3 is 11.9 Å². The molecule has 0 bridgehead atoms. The Morgan fingerprint density at radius 1 is 1.30 bits per heavy atom. The minimum absolute atomic E-state index is 0.00932. The Morgan fingerprint density at radius 2 is 1.96 bits per heavy atom. The van der Waals surface area contributed by atoms with Crippen LogP contribution in [0.25, 0.3) is 0 Å². The first kappa shape index (κ1) is 21.8. The van der Waals surface area contributed by atoms with Gasteiger partial charge in [0.05, 0.1) is 5.92 Å².